The van der Waals surface area contributed by atoms with Crippen molar-refractivity contribution in [3.05, 3.63) is 128 Å². The van der Waals surface area contributed by atoms with E-state index in [2.05, 4.69) is 10.4 Å². The molecule has 0 spiro atoms. The Balaban J connectivity index is 1.80. The van der Waals surface area contributed by atoms with Gasteiger partial charge in [0.1, 0.15) is 11.6 Å². The minimum absolute atomic E-state index is 0.171. The minimum atomic E-state index is -0.898. The lowest BCUT2D eigenvalue weighted by molar-refractivity contribution is 0.0930. The molecule has 0 radical (unpaired) electrons. The largest absolute Gasteiger partial charge is 0.352 e. The van der Waals surface area contributed by atoms with Gasteiger partial charge in [-0.2, -0.15) is 9.78 Å². The topological polar surface area (TPSA) is 86.0 Å². The maximum atomic E-state index is 13.4. The molecule has 1 unspecified atom stereocenters. The predicted molar refractivity (Wildman–Crippen MR) is 122 cm³/mol. The van der Waals surface area contributed by atoms with Gasteiger partial charge in [-0.05, 0) is 54.4 Å². The zero-order valence-electron chi connectivity index (χ0n) is 18.1. The number of hydrogen-bond acceptors (Lipinski definition) is 4. The van der Waals surface area contributed by atoms with Crippen LogP contribution in [0.5, 0.6) is 0 Å². The van der Waals surface area contributed by atoms with Gasteiger partial charge in [0.05, 0.1) is 18.3 Å². The first-order chi connectivity index (χ1) is 16.3. The molecule has 0 bridgehead atoms. The molecule has 3 aromatic carbocycles. The van der Waals surface area contributed by atoms with Crippen molar-refractivity contribution in [1.29, 1.82) is 0 Å². The number of carbonyl (C=O) groups excluding carboxylic acids is 1. The van der Waals surface area contributed by atoms with Crippen LogP contribution in [0.4, 0.5) is 8.78 Å². The highest BCUT2D eigenvalue weighted by atomic mass is 19.1. The molecule has 172 valence electrons. The molecule has 1 heterocycles. The van der Waals surface area contributed by atoms with Gasteiger partial charge in [0.15, 0.2) is 0 Å². The van der Waals surface area contributed by atoms with Crippen LogP contribution in [0.1, 0.15) is 34.6 Å². The first-order valence-corrected chi connectivity index (χ1v) is 10.4. The molecule has 0 saturated carbocycles. The Hall–Kier alpha value is -4.40. The van der Waals surface area contributed by atoms with Crippen LogP contribution in [0.3, 0.4) is 0 Å². The summed E-state index contributed by atoms with van der Waals surface area (Å²) in [5.74, 6) is -1.76. The fourth-order valence-corrected chi connectivity index (χ4v) is 3.41. The quantitative estimate of drug-likeness (QED) is 0.477. The molecule has 9 heteroatoms. The molecule has 1 atom stereocenters. The van der Waals surface area contributed by atoms with Crippen molar-refractivity contribution in [3.63, 3.8) is 0 Å². The minimum Gasteiger partial charge on any atom is -0.344 e. The van der Waals surface area contributed by atoms with Crippen LogP contribution in [0.15, 0.2) is 88.5 Å². The highest BCUT2D eigenvalue weighted by Crippen LogP contribution is 2.12. The van der Waals surface area contributed by atoms with Gasteiger partial charge in [-0.3, -0.25) is 14.2 Å². The van der Waals surface area contributed by atoms with E-state index in [0.717, 1.165) is 26.9 Å². The third kappa shape index (κ3) is 4.83. The summed E-state index contributed by atoms with van der Waals surface area (Å²) in [5.41, 5.74) is -0.770. The highest BCUT2D eigenvalue weighted by Gasteiger charge is 2.22. The summed E-state index contributed by atoms with van der Waals surface area (Å²) in [5, 5.41) is 6.73. The molecule has 0 fully saturated rings. The van der Waals surface area contributed by atoms with Crippen molar-refractivity contribution in [2.24, 2.45) is 0 Å². The van der Waals surface area contributed by atoms with E-state index >= 15 is 0 Å². The highest BCUT2D eigenvalue weighted by molar-refractivity contribution is 5.92. The summed E-state index contributed by atoms with van der Waals surface area (Å²) in [4.78, 5) is 39.3. The van der Waals surface area contributed by atoms with E-state index in [-0.39, 0.29) is 12.2 Å². The van der Waals surface area contributed by atoms with E-state index in [1.807, 2.05) is 30.3 Å². The van der Waals surface area contributed by atoms with E-state index in [4.69, 9.17) is 0 Å². The van der Waals surface area contributed by atoms with E-state index < -0.39 is 40.5 Å². The Kier molecular flexibility index (Phi) is 6.44. The van der Waals surface area contributed by atoms with E-state index in [1.165, 1.54) is 36.4 Å². The Labute approximate surface area is 192 Å². The lowest BCUT2D eigenvalue weighted by Crippen LogP contribution is -2.46. The van der Waals surface area contributed by atoms with Crippen molar-refractivity contribution >= 4 is 5.91 Å². The van der Waals surface area contributed by atoms with Gasteiger partial charge in [-0.15, -0.1) is 0 Å². The van der Waals surface area contributed by atoms with Gasteiger partial charge < -0.3 is 5.32 Å². The number of aromatic nitrogens is 3. The summed E-state index contributed by atoms with van der Waals surface area (Å²) in [6.07, 6.45) is 0. The molecular formula is C25H20F2N4O3. The van der Waals surface area contributed by atoms with Crippen LogP contribution >= 0.6 is 0 Å². The van der Waals surface area contributed by atoms with Crippen molar-refractivity contribution in [2.45, 2.75) is 19.5 Å². The summed E-state index contributed by atoms with van der Waals surface area (Å²) in [7, 11) is 0. The third-order valence-electron chi connectivity index (χ3n) is 5.25. The van der Waals surface area contributed by atoms with E-state index in [1.54, 1.807) is 6.92 Å². The number of nitrogens with one attached hydrogen (secondary N) is 1. The molecule has 0 aliphatic rings. The molecule has 1 N–H and O–H groups in total. The normalized spacial score (nSPS) is 11.7. The Bertz CT molecular complexity index is 1430. The standard InChI is InChI=1S/C25H20F2N4O3/c1-16(18-5-3-2-4-6-18)28-23(32)22-24(33)30(15-17-7-9-19(26)10-8-17)25(34)31(29-22)21-13-11-20(27)12-14-21/h2-14,16H,15H2,1H3,(H,28,32). The molecule has 4 aromatic rings. The Morgan fingerprint density at radius 1 is 0.912 bits per heavy atom. The van der Waals surface area contributed by atoms with Crippen molar-refractivity contribution in [3.8, 4) is 5.69 Å². The van der Waals surface area contributed by atoms with Crippen molar-refractivity contribution < 1.29 is 13.6 Å². The van der Waals surface area contributed by atoms with Crippen LogP contribution in [-0.2, 0) is 6.54 Å². The first-order valence-electron chi connectivity index (χ1n) is 10.4. The molecule has 0 aliphatic heterocycles. The van der Waals surface area contributed by atoms with Crippen molar-refractivity contribution in [2.75, 3.05) is 0 Å². The number of halogens is 2. The van der Waals surface area contributed by atoms with Crippen molar-refractivity contribution in [1.82, 2.24) is 19.7 Å². The van der Waals surface area contributed by atoms with Gasteiger partial charge in [0, 0.05) is 0 Å². The summed E-state index contributed by atoms with van der Waals surface area (Å²) in [6, 6.07) is 18.9. The average Bonchev–Trinajstić information content (AvgIpc) is 2.84. The van der Waals surface area contributed by atoms with Gasteiger partial charge in [-0.1, -0.05) is 42.5 Å². The third-order valence-corrected chi connectivity index (χ3v) is 5.25. The zero-order chi connectivity index (χ0) is 24.2. The van der Waals surface area contributed by atoms with Crippen LogP contribution < -0.4 is 16.6 Å². The molecule has 0 saturated heterocycles. The summed E-state index contributed by atoms with van der Waals surface area (Å²) >= 11 is 0. The fraction of sp³-hybridized carbons (Fsp3) is 0.120. The maximum absolute atomic E-state index is 13.4. The number of carbonyl (C=O) groups is 1. The molecule has 1 amide bonds. The van der Waals surface area contributed by atoms with Gasteiger partial charge in [0.25, 0.3) is 11.5 Å². The number of benzene rings is 3. The SMILES string of the molecule is CC(NC(=O)c1nn(-c2ccc(F)cc2)c(=O)n(Cc2ccc(F)cc2)c1=O)c1ccccc1. The second-order valence-corrected chi connectivity index (χ2v) is 7.64. The molecule has 7 nitrogen and oxygen atoms in total. The first kappa shape index (κ1) is 22.8. The number of amides is 1. The van der Waals surface area contributed by atoms with Crippen LogP contribution in [0.2, 0.25) is 0 Å². The monoisotopic (exact) mass is 462 g/mol. The maximum Gasteiger partial charge on any atom is 0.352 e. The molecule has 34 heavy (non-hydrogen) atoms. The molecule has 0 aliphatic carbocycles. The number of nitrogens with zero attached hydrogens (tertiary/aromatic N) is 3. The second kappa shape index (κ2) is 9.62. The lowest BCUT2D eigenvalue weighted by Gasteiger charge is -2.15. The number of rotatable bonds is 6. The Morgan fingerprint density at radius 3 is 2.12 bits per heavy atom. The smallest absolute Gasteiger partial charge is 0.344 e. The lowest BCUT2D eigenvalue weighted by atomic mass is 10.1. The number of hydrogen-bond donors (Lipinski definition) is 1. The van der Waals surface area contributed by atoms with Gasteiger partial charge >= 0.3 is 5.69 Å². The molecular weight excluding hydrogens is 442 g/mol. The average molecular weight is 462 g/mol. The molecule has 4 rings (SSSR count). The van der Waals surface area contributed by atoms with Crippen LogP contribution in [0, 0.1) is 11.6 Å². The summed E-state index contributed by atoms with van der Waals surface area (Å²) in [6.45, 7) is 1.54. The second-order valence-electron chi connectivity index (χ2n) is 7.64. The van der Waals surface area contributed by atoms with Crippen LogP contribution in [0.25, 0.3) is 5.69 Å². The van der Waals surface area contributed by atoms with Gasteiger partial charge in [-0.25, -0.2) is 13.6 Å². The van der Waals surface area contributed by atoms with Gasteiger partial charge in [0.2, 0.25) is 5.69 Å². The predicted octanol–water partition coefficient (Wildman–Crippen LogP) is 3.21. The van der Waals surface area contributed by atoms with E-state index in [9.17, 15) is 23.2 Å². The van der Waals surface area contributed by atoms with E-state index in [0.29, 0.717) is 5.56 Å². The Morgan fingerprint density at radius 2 is 1.50 bits per heavy atom. The summed E-state index contributed by atoms with van der Waals surface area (Å²) < 4.78 is 28.4. The zero-order valence-corrected chi connectivity index (χ0v) is 18.1. The van der Waals surface area contributed by atoms with Crippen LogP contribution in [-0.4, -0.2) is 20.3 Å². The molecule has 1 aromatic heterocycles. The fourth-order valence-electron chi connectivity index (χ4n) is 3.41.